The van der Waals surface area contributed by atoms with Crippen molar-refractivity contribution in [3.05, 3.63) is 13.8 Å². The molecule has 0 heteroatoms. The molecule has 0 nitrogen and oxygen atoms in total. The van der Waals surface area contributed by atoms with Crippen molar-refractivity contribution in [2.45, 2.75) is 25.7 Å². The minimum absolute atomic E-state index is 0.440. The van der Waals surface area contributed by atoms with Gasteiger partial charge in [0, 0.05) is 0 Å². The third-order valence-electron chi connectivity index (χ3n) is 1.82. The van der Waals surface area contributed by atoms with Crippen molar-refractivity contribution >= 4 is 0 Å². The smallest absolute Gasteiger partial charge is 0.0318 e. The highest BCUT2D eigenvalue weighted by Crippen LogP contribution is 2.26. The Morgan fingerprint density at radius 3 is 1.25 bits per heavy atom. The van der Waals surface area contributed by atoms with E-state index in [1.54, 1.807) is 0 Å². The van der Waals surface area contributed by atoms with Crippen molar-refractivity contribution in [1.29, 1.82) is 0 Å². The van der Waals surface area contributed by atoms with Crippen molar-refractivity contribution in [3.63, 3.8) is 0 Å². The van der Waals surface area contributed by atoms with E-state index >= 15 is 0 Å². The summed E-state index contributed by atoms with van der Waals surface area (Å²) in [5.74, 6) is 0.879. The van der Waals surface area contributed by atoms with Gasteiger partial charge in [-0.15, -0.1) is 0 Å². The van der Waals surface area contributed by atoms with E-state index in [0.29, 0.717) is 11.8 Å². The Balaban J connectivity index is 2.19. The Labute approximate surface area is 52.3 Å². The van der Waals surface area contributed by atoms with Crippen LogP contribution in [-0.2, 0) is 0 Å². The van der Waals surface area contributed by atoms with Crippen LogP contribution in [0.3, 0.4) is 0 Å². The van der Waals surface area contributed by atoms with E-state index in [1.165, 1.54) is 0 Å². The maximum atomic E-state index is 5.64. The lowest BCUT2D eigenvalue weighted by atomic mass is 9.84. The van der Waals surface area contributed by atoms with E-state index in [2.05, 4.69) is 0 Å². The molecular weight excluding hydrogens is 96.1 g/mol. The Bertz CT molecular complexity index is 48.4. The van der Waals surface area contributed by atoms with Crippen LogP contribution in [0, 0.1) is 25.7 Å². The molecule has 1 aliphatic carbocycles. The maximum Gasteiger partial charge on any atom is -0.0318 e. The summed E-state index contributed by atoms with van der Waals surface area (Å²) >= 11 is 0. The van der Waals surface area contributed by atoms with Gasteiger partial charge in [-0.2, -0.15) is 0 Å². The van der Waals surface area contributed by atoms with Crippen molar-refractivity contribution in [2.75, 3.05) is 0 Å². The standard InChI is InChI=1S/C8H12/c1-7-3-5-8(2)6-4-7/h1-2,7-8H,3-6H2/t7-,8-. The summed E-state index contributed by atoms with van der Waals surface area (Å²) in [5, 5.41) is 0. The molecule has 0 saturated heterocycles. The first-order valence-corrected chi connectivity index (χ1v) is 3.30. The van der Waals surface area contributed by atoms with E-state index in [4.69, 9.17) is 13.8 Å². The lowest BCUT2D eigenvalue weighted by molar-refractivity contribution is 0.352. The molecule has 0 heterocycles. The highest BCUT2D eigenvalue weighted by Gasteiger charge is 2.13. The second-order valence-corrected chi connectivity index (χ2v) is 2.67. The summed E-state index contributed by atoms with van der Waals surface area (Å²) in [6.07, 6.45) is 4.50. The summed E-state index contributed by atoms with van der Waals surface area (Å²) in [6, 6.07) is 0. The van der Waals surface area contributed by atoms with Gasteiger partial charge in [0.1, 0.15) is 0 Å². The summed E-state index contributed by atoms with van der Waals surface area (Å²) < 4.78 is 0. The van der Waals surface area contributed by atoms with E-state index in [1.807, 2.05) is 0 Å². The second kappa shape index (κ2) is 2.52. The van der Waals surface area contributed by atoms with E-state index in [-0.39, 0.29) is 0 Å². The SMILES string of the molecule is [CH][C@H]1CC[C@H]([CH])CC1. The van der Waals surface area contributed by atoms with Crippen LogP contribution in [0.15, 0.2) is 0 Å². The van der Waals surface area contributed by atoms with Crippen molar-refractivity contribution < 1.29 is 0 Å². The summed E-state index contributed by atoms with van der Waals surface area (Å²) in [7, 11) is 0. The molecule has 0 atom stereocenters. The Morgan fingerprint density at radius 1 is 0.750 bits per heavy atom. The molecule has 1 aliphatic rings. The van der Waals surface area contributed by atoms with Crippen LogP contribution >= 0.6 is 0 Å². The van der Waals surface area contributed by atoms with Crippen LogP contribution < -0.4 is 0 Å². The van der Waals surface area contributed by atoms with Crippen LogP contribution in [0.2, 0.25) is 0 Å². The third-order valence-corrected chi connectivity index (χ3v) is 1.82. The van der Waals surface area contributed by atoms with Crippen LogP contribution in [-0.4, -0.2) is 0 Å². The van der Waals surface area contributed by atoms with Gasteiger partial charge in [-0.1, -0.05) is 0 Å². The molecule has 44 valence electrons. The molecule has 0 amide bonds. The van der Waals surface area contributed by atoms with Gasteiger partial charge in [0.15, 0.2) is 0 Å². The van der Waals surface area contributed by atoms with Gasteiger partial charge in [-0.05, 0) is 51.4 Å². The minimum atomic E-state index is 0.440. The molecule has 0 aromatic carbocycles. The van der Waals surface area contributed by atoms with Gasteiger partial charge < -0.3 is 0 Å². The molecule has 0 spiro atoms. The van der Waals surface area contributed by atoms with Crippen molar-refractivity contribution in [1.82, 2.24) is 0 Å². The fourth-order valence-electron chi connectivity index (χ4n) is 1.14. The van der Waals surface area contributed by atoms with Gasteiger partial charge in [0.05, 0.1) is 0 Å². The largest absolute Gasteiger partial charge is 0.0499 e. The second-order valence-electron chi connectivity index (χ2n) is 2.67. The van der Waals surface area contributed by atoms with E-state index in [0.717, 1.165) is 25.7 Å². The van der Waals surface area contributed by atoms with Crippen LogP contribution in [0.25, 0.3) is 0 Å². The summed E-state index contributed by atoms with van der Waals surface area (Å²) in [5.41, 5.74) is 0. The molecule has 4 radical (unpaired) electrons. The van der Waals surface area contributed by atoms with E-state index in [9.17, 15) is 0 Å². The topological polar surface area (TPSA) is 0 Å². The van der Waals surface area contributed by atoms with Gasteiger partial charge in [0.25, 0.3) is 0 Å². The van der Waals surface area contributed by atoms with E-state index < -0.39 is 0 Å². The molecule has 8 heavy (non-hydrogen) atoms. The first kappa shape index (κ1) is 6.12. The normalized spacial score (nSPS) is 39.8. The van der Waals surface area contributed by atoms with Crippen molar-refractivity contribution in [3.8, 4) is 0 Å². The number of hydrogen-bond donors (Lipinski definition) is 0. The fraction of sp³-hybridized carbons (Fsp3) is 0.750. The zero-order chi connectivity index (χ0) is 5.98. The molecule has 0 aromatic heterocycles. The lowest BCUT2D eigenvalue weighted by Crippen LogP contribution is -2.09. The Morgan fingerprint density at radius 2 is 1.00 bits per heavy atom. The molecule has 0 bridgehead atoms. The first-order chi connectivity index (χ1) is 3.79. The van der Waals surface area contributed by atoms with Crippen LogP contribution in [0.4, 0.5) is 0 Å². The maximum absolute atomic E-state index is 5.64. The van der Waals surface area contributed by atoms with Gasteiger partial charge >= 0.3 is 0 Å². The molecule has 0 unspecified atom stereocenters. The lowest BCUT2D eigenvalue weighted by Gasteiger charge is -2.21. The number of hydrogen-bond acceptors (Lipinski definition) is 0. The highest BCUT2D eigenvalue weighted by atomic mass is 14.2. The molecule has 0 aliphatic heterocycles. The third kappa shape index (κ3) is 1.50. The molecule has 1 rings (SSSR count). The zero-order valence-corrected chi connectivity index (χ0v) is 5.14. The molecular formula is C8H12. The average Bonchev–Trinajstić information content (AvgIpc) is 1.77. The van der Waals surface area contributed by atoms with Gasteiger partial charge in [-0.3, -0.25) is 0 Å². The number of rotatable bonds is 0. The Kier molecular flexibility index (Phi) is 1.93. The quantitative estimate of drug-likeness (QED) is 0.446. The predicted molar refractivity (Wildman–Crippen MR) is 34.0 cm³/mol. The fourth-order valence-corrected chi connectivity index (χ4v) is 1.14. The summed E-state index contributed by atoms with van der Waals surface area (Å²) in [6.45, 7) is 11.3. The van der Waals surface area contributed by atoms with Crippen LogP contribution in [0.1, 0.15) is 25.7 Å². The predicted octanol–water partition coefficient (Wildman–Crippen LogP) is 2.21. The Hall–Kier alpha value is 0. The van der Waals surface area contributed by atoms with Gasteiger partial charge in [-0.25, -0.2) is 0 Å². The molecule has 0 N–H and O–H groups in total. The highest BCUT2D eigenvalue weighted by molar-refractivity contribution is 4.74. The monoisotopic (exact) mass is 108 g/mol. The van der Waals surface area contributed by atoms with Gasteiger partial charge in [0.2, 0.25) is 0 Å². The summed E-state index contributed by atoms with van der Waals surface area (Å²) in [4.78, 5) is 0. The van der Waals surface area contributed by atoms with Crippen LogP contribution in [0.5, 0.6) is 0 Å². The van der Waals surface area contributed by atoms with Crippen molar-refractivity contribution in [2.24, 2.45) is 11.8 Å². The molecule has 1 fully saturated rings. The zero-order valence-electron chi connectivity index (χ0n) is 5.14. The average molecular weight is 108 g/mol. The minimum Gasteiger partial charge on any atom is -0.0499 e. The molecule has 1 saturated carbocycles. The first-order valence-electron chi connectivity index (χ1n) is 3.30. The molecule has 0 aromatic rings.